The van der Waals surface area contributed by atoms with Crippen molar-refractivity contribution in [2.24, 2.45) is 28.9 Å². The van der Waals surface area contributed by atoms with Crippen LogP contribution in [0.25, 0.3) is 0 Å². The highest BCUT2D eigenvalue weighted by molar-refractivity contribution is 5.91. The average molecular weight is 383 g/mol. The topological polar surface area (TPSA) is 101 Å². The molecular formula is C22H29N3O3. The molecule has 3 saturated carbocycles. The minimum absolute atomic E-state index is 0.203. The smallest absolute Gasteiger partial charge is 0.273 e. The lowest BCUT2D eigenvalue weighted by Gasteiger charge is -2.60. The highest BCUT2D eigenvalue weighted by atomic mass is 16.3. The van der Waals surface area contributed by atoms with Gasteiger partial charge >= 0.3 is 0 Å². The molecule has 5 rings (SSSR count). The third-order valence-electron chi connectivity index (χ3n) is 6.99. The van der Waals surface area contributed by atoms with E-state index >= 15 is 0 Å². The fourth-order valence-electron chi connectivity index (χ4n) is 5.06. The summed E-state index contributed by atoms with van der Waals surface area (Å²) in [5.74, 6) is 2.47. The van der Waals surface area contributed by atoms with E-state index in [9.17, 15) is 9.90 Å². The number of hydrogen-bond donors (Lipinski definition) is 3. The average Bonchev–Trinajstić information content (AvgIpc) is 3.18. The zero-order valence-electron chi connectivity index (χ0n) is 16.5. The summed E-state index contributed by atoms with van der Waals surface area (Å²) in [5.41, 5.74) is 7.83. The number of phenols is 1. The number of amides is 1. The van der Waals surface area contributed by atoms with Gasteiger partial charge in [-0.1, -0.05) is 26.0 Å². The van der Waals surface area contributed by atoms with Crippen LogP contribution in [-0.2, 0) is 6.42 Å². The van der Waals surface area contributed by atoms with Gasteiger partial charge in [0, 0.05) is 6.54 Å². The van der Waals surface area contributed by atoms with Gasteiger partial charge in [-0.3, -0.25) is 4.79 Å². The Morgan fingerprint density at radius 2 is 2.11 bits per heavy atom. The van der Waals surface area contributed by atoms with Gasteiger partial charge in [0.1, 0.15) is 12.0 Å². The Hall–Kier alpha value is -2.34. The molecule has 3 aliphatic carbocycles. The number of oxazole rings is 1. The van der Waals surface area contributed by atoms with Crippen molar-refractivity contribution in [2.75, 3.05) is 6.54 Å². The maximum atomic E-state index is 12.5. The van der Waals surface area contributed by atoms with Gasteiger partial charge in [-0.2, -0.15) is 0 Å². The summed E-state index contributed by atoms with van der Waals surface area (Å²) >= 11 is 0. The van der Waals surface area contributed by atoms with Crippen molar-refractivity contribution in [3.8, 4) is 5.75 Å². The zero-order valence-corrected chi connectivity index (χ0v) is 16.5. The van der Waals surface area contributed by atoms with Crippen LogP contribution in [0.5, 0.6) is 5.75 Å². The predicted octanol–water partition coefficient (Wildman–Crippen LogP) is 3.42. The molecule has 2 aromatic rings. The molecule has 3 aliphatic rings. The molecule has 28 heavy (non-hydrogen) atoms. The Morgan fingerprint density at radius 3 is 2.79 bits per heavy atom. The number of carbonyl (C=O) groups excluding carboxylic acids is 1. The molecule has 0 radical (unpaired) electrons. The zero-order chi connectivity index (χ0) is 19.9. The fraction of sp³-hybridized carbons (Fsp3) is 0.545. The van der Waals surface area contributed by atoms with Gasteiger partial charge in [-0.05, 0) is 66.5 Å². The lowest BCUT2D eigenvalue weighted by Crippen LogP contribution is -2.54. The minimum Gasteiger partial charge on any atom is -0.508 e. The second-order valence-corrected chi connectivity index (χ2v) is 8.96. The first kappa shape index (κ1) is 19.0. The number of nitrogens with one attached hydrogen (secondary N) is 1. The van der Waals surface area contributed by atoms with Crippen molar-refractivity contribution in [3.63, 3.8) is 0 Å². The number of phenolic OH excluding ortho intramolecular Hbond substituents is 1. The van der Waals surface area contributed by atoms with Gasteiger partial charge in [0.2, 0.25) is 5.89 Å². The minimum atomic E-state index is -0.447. The molecule has 1 aromatic carbocycles. The van der Waals surface area contributed by atoms with Gasteiger partial charge in [-0.15, -0.1) is 0 Å². The summed E-state index contributed by atoms with van der Waals surface area (Å²) in [6, 6.07) is 6.41. The van der Waals surface area contributed by atoms with Crippen LogP contribution in [0.15, 0.2) is 34.9 Å². The molecule has 1 aromatic heterocycles. The summed E-state index contributed by atoms with van der Waals surface area (Å²) in [7, 11) is 0. The van der Waals surface area contributed by atoms with Crippen molar-refractivity contribution in [1.82, 2.24) is 10.3 Å². The van der Waals surface area contributed by atoms with Crippen molar-refractivity contribution < 1.29 is 14.3 Å². The SMILES string of the molecule is CC1(C)C2CCC(CNC(=O)c3coc(C(N)Cc4ccc(O)cc4)n3)C1C2. The van der Waals surface area contributed by atoms with E-state index in [0.717, 1.165) is 11.5 Å². The Kier molecular flexibility index (Phi) is 4.91. The first-order valence-electron chi connectivity index (χ1n) is 10.1. The molecule has 150 valence electrons. The number of nitrogens with zero attached hydrogens (tertiary/aromatic N) is 1. The summed E-state index contributed by atoms with van der Waals surface area (Å²) < 4.78 is 5.45. The van der Waals surface area contributed by atoms with E-state index in [1.807, 2.05) is 12.1 Å². The Labute approximate surface area is 165 Å². The number of benzene rings is 1. The molecule has 6 heteroatoms. The van der Waals surface area contributed by atoms with E-state index in [2.05, 4.69) is 24.1 Å². The van der Waals surface area contributed by atoms with Gasteiger partial charge < -0.3 is 20.6 Å². The monoisotopic (exact) mass is 383 g/mol. The third kappa shape index (κ3) is 3.53. The Bertz CT molecular complexity index is 841. The number of fused-ring (bicyclic) bond motifs is 2. The second kappa shape index (κ2) is 7.24. The van der Waals surface area contributed by atoms with E-state index < -0.39 is 6.04 Å². The maximum absolute atomic E-state index is 12.5. The second-order valence-electron chi connectivity index (χ2n) is 8.96. The van der Waals surface area contributed by atoms with Crippen molar-refractivity contribution in [1.29, 1.82) is 0 Å². The van der Waals surface area contributed by atoms with E-state index in [1.165, 1.54) is 25.5 Å². The lowest BCUT2D eigenvalue weighted by molar-refractivity contribution is -0.103. The molecule has 0 saturated heterocycles. The predicted molar refractivity (Wildman–Crippen MR) is 106 cm³/mol. The van der Waals surface area contributed by atoms with Crippen molar-refractivity contribution in [3.05, 3.63) is 47.7 Å². The molecule has 4 unspecified atom stereocenters. The van der Waals surface area contributed by atoms with Crippen molar-refractivity contribution in [2.45, 2.75) is 45.6 Å². The van der Waals surface area contributed by atoms with E-state index in [4.69, 9.17) is 10.2 Å². The quantitative estimate of drug-likeness (QED) is 0.709. The van der Waals surface area contributed by atoms with E-state index in [0.29, 0.717) is 36.1 Å². The van der Waals surface area contributed by atoms with Gasteiger partial charge in [0.05, 0.1) is 6.04 Å². The summed E-state index contributed by atoms with van der Waals surface area (Å²) in [6.07, 6.45) is 5.66. The van der Waals surface area contributed by atoms with Crippen LogP contribution >= 0.6 is 0 Å². The first-order chi connectivity index (χ1) is 13.3. The Balaban J connectivity index is 1.32. The highest BCUT2D eigenvalue weighted by Crippen LogP contribution is 2.61. The molecule has 4 N–H and O–H groups in total. The molecule has 0 aliphatic heterocycles. The molecule has 1 amide bonds. The number of nitrogens with two attached hydrogens (primary N) is 1. The fourth-order valence-corrected chi connectivity index (χ4v) is 5.06. The molecule has 4 atom stereocenters. The number of aromatic hydroxyl groups is 1. The third-order valence-corrected chi connectivity index (χ3v) is 6.99. The van der Waals surface area contributed by atoms with Crippen molar-refractivity contribution >= 4 is 5.91 Å². The summed E-state index contributed by atoms with van der Waals surface area (Å²) in [6.45, 7) is 5.42. The standard InChI is InChI=1S/C22H29N3O3/c1-22(2)15-6-5-14(17(22)10-15)11-24-20(27)19-12-28-21(25-19)18(23)9-13-3-7-16(26)8-4-13/h3-4,7-8,12,14-15,17-18,26H,5-6,9-11,23H2,1-2H3,(H,24,27). The van der Waals surface area contributed by atoms with Gasteiger partial charge in [0.25, 0.3) is 5.91 Å². The lowest BCUT2D eigenvalue weighted by atomic mass is 9.45. The van der Waals surface area contributed by atoms with Gasteiger partial charge in [-0.25, -0.2) is 4.98 Å². The maximum Gasteiger partial charge on any atom is 0.273 e. The molecule has 2 bridgehead atoms. The number of hydrogen-bond acceptors (Lipinski definition) is 5. The van der Waals surface area contributed by atoms with Crippen LogP contribution in [0, 0.1) is 23.2 Å². The normalized spacial score (nSPS) is 26.3. The molecular weight excluding hydrogens is 354 g/mol. The molecule has 3 fully saturated rings. The number of rotatable bonds is 6. The molecule has 0 spiro atoms. The first-order valence-corrected chi connectivity index (χ1v) is 10.1. The molecule has 6 nitrogen and oxygen atoms in total. The van der Waals surface area contributed by atoms with E-state index in [-0.39, 0.29) is 17.4 Å². The number of aromatic nitrogens is 1. The largest absolute Gasteiger partial charge is 0.508 e. The van der Waals surface area contributed by atoms with Crippen LogP contribution in [0.1, 0.15) is 61.1 Å². The van der Waals surface area contributed by atoms with Crippen LogP contribution < -0.4 is 11.1 Å². The Morgan fingerprint density at radius 1 is 1.36 bits per heavy atom. The van der Waals surface area contributed by atoms with Crippen LogP contribution in [-0.4, -0.2) is 22.5 Å². The van der Waals surface area contributed by atoms with E-state index in [1.54, 1.807) is 12.1 Å². The van der Waals surface area contributed by atoms with Crippen LogP contribution in [0.4, 0.5) is 0 Å². The summed E-state index contributed by atoms with van der Waals surface area (Å²) in [4.78, 5) is 16.8. The van der Waals surface area contributed by atoms with Crippen LogP contribution in [0.3, 0.4) is 0 Å². The highest BCUT2D eigenvalue weighted by Gasteiger charge is 2.53. The number of carbonyl (C=O) groups is 1. The van der Waals surface area contributed by atoms with Gasteiger partial charge in [0.15, 0.2) is 5.69 Å². The molecule has 1 heterocycles. The summed E-state index contributed by atoms with van der Waals surface area (Å²) in [5, 5.41) is 12.4. The van der Waals surface area contributed by atoms with Crippen LogP contribution in [0.2, 0.25) is 0 Å².